The molecule has 2 fully saturated rings. The summed E-state index contributed by atoms with van der Waals surface area (Å²) in [4.78, 5) is 29.0. The molecule has 1 saturated heterocycles. The molecular formula is C20H29N3O2. The van der Waals surface area contributed by atoms with Gasteiger partial charge in [-0.05, 0) is 49.9 Å². The number of rotatable bonds is 4. The summed E-state index contributed by atoms with van der Waals surface area (Å²) >= 11 is 0. The summed E-state index contributed by atoms with van der Waals surface area (Å²) in [6.07, 6.45) is 5.29. The van der Waals surface area contributed by atoms with Gasteiger partial charge < -0.3 is 10.2 Å². The van der Waals surface area contributed by atoms with E-state index in [9.17, 15) is 9.59 Å². The van der Waals surface area contributed by atoms with Gasteiger partial charge >= 0.3 is 0 Å². The van der Waals surface area contributed by atoms with Gasteiger partial charge in [0.25, 0.3) is 5.91 Å². The molecule has 1 aliphatic heterocycles. The third-order valence-corrected chi connectivity index (χ3v) is 5.68. The highest BCUT2D eigenvalue weighted by atomic mass is 16.2. The third-order valence-electron chi connectivity index (χ3n) is 5.68. The second kappa shape index (κ2) is 8.00. The Morgan fingerprint density at radius 1 is 1.04 bits per heavy atom. The van der Waals surface area contributed by atoms with E-state index in [1.54, 1.807) is 0 Å². The maximum Gasteiger partial charge on any atom is 0.251 e. The molecule has 0 atom stereocenters. The van der Waals surface area contributed by atoms with E-state index in [2.05, 4.69) is 10.2 Å². The highest BCUT2D eigenvalue weighted by molar-refractivity contribution is 5.96. The normalized spacial score (nSPS) is 19.2. The van der Waals surface area contributed by atoms with Crippen LogP contribution < -0.4 is 5.32 Å². The van der Waals surface area contributed by atoms with Crippen molar-refractivity contribution < 1.29 is 9.59 Å². The van der Waals surface area contributed by atoms with E-state index >= 15 is 0 Å². The molecule has 0 bridgehead atoms. The van der Waals surface area contributed by atoms with Gasteiger partial charge in [0.05, 0.1) is 6.54 Å². The number of amides is 2. The fourth-order valence-corrected chi connectivity index (χ4v) is 3.86. The zero-order valence-electron chi connectivity index (χ0n) is 15.4. The lowest BCUT2D eigenvalue weighted by Crippen LogP contribution is -2.53. The minimum Gasteiger partial charge on any atom is -0.343 e. The Labute approximate surface area is 150 Å². The number of carbonyl (C=O) groups is 2. The molecule has 136 valence electrons. The van der Waals surface area contributed by atoms with Gasteiger partial charge in [0.1, 0.15) is 0 Å². The molecule has 0 unspecified atom stereocenters. The Morgan fingerprint density at radius 3 is 2.36 bits per heavy atom. The van der Waals surface area contributed by atoms with E-state index in [1.165, 1.54) is 25.7 Å². The zero-order valence-corrected chi connectivity index (χ0v) is 15.4. The lowest BCUT2D eigenvalue weighted by molar-refractivity contribution is -0.132. The number of piperazine rings is 1. The van der Waals surface area contributed by atoms with Crippen LogP contribution in [0.5, 0.6) is 0 Å². The first-order chi connectivity index (χ1) is 12.0. The van der Waals surface area contributed by atoms with Gasteiger partial charge in [-0.25, -0.2) is 0 Å². The highest BCUT2D eigenvalue weighted by Crippen LogP contribution is 2.24. The van der Waals surface area contributed by atoms with Gasteiger partial charge in [-0.2, -0.15) is 0 Å². The van der Waals surface area contributed by atoms with Crippen molar-refractivity contribution in [3.05, 3.63) is 34.9 Å². The number of nitrogens with zero attached hydrogens (tertiary/aromatic N) is 2. The van der Waals surface area contributed by atoms with E-state index in [0.29, 0.717) is 5.56 Å². The average molecular weight is 343 g/mol. The smallest absolute Gasteiger partial charge is 0.251 e. The van der Waals surface area contributed by atoms with Crippen molar-refractivity contribution in [2.75, 3.05) is 32.7 Å². The molecule has 1 aromatic carbocycles. The van der Waals surface area contributed by atoms with E-state index in [4.69, 9.17) is 0 Å². The van der Waals surface area contributed by atoms with Crippen LogP contribution in [0.15, 0.2) is 18.2 Å². The topological polar surface area (TPSA) is 52.7 Å². The van der Waals surface area contributed by atoms with Crippen LogP contribution in [0.2, 0.25) is 0 Å². The SMILES string of the molecule is Cc1ccc(C(=O)NCC(=O)N2CCN(C3CCCC3)CC2)cc1C. The molecule has 1 saturated carbocycles. The average Bonchev–Trinajstić information content (AvgIpc) is 3.16. The number of aryl methyl sites for hydroxylation is 2. The van der Waals surface area contributed by atoms with Crippen LogP contribution in [-0.4, -0.2) is 60.4 Å². The number of nitrogens with one attached hydrogen (secondary N) is 1. The van der Waals surface area contributed by atoms with Gasteiger partial charge in [-0.1, -0.05) is 18.9 Å². The summed E-state index contributed by atoms with van der Waals surface area (Å²) in [5.74, 6) is -0.163. The molecular weight excluding hydrogens is 314 g/mol. The molecule has 1 aromatic rings. The fourth-order valence-electron chi connectivity index (χ4n) is 3.86. The van der Waals surface area contributed by atoms with Gasteiger partial charge in [0, 0.05) is 37.8 Å². The lowest BCUT2D eigenvalue weighted by atomic mass is 10.1. The first-order valence-corrected chi connectivity index (χ1v) is 9.42. The Hall–Kier alpha value is -1.88. The molecule has 0 aromatic heterocycles. The minimum atomic E-state index is -0.180. The molecule has 5 heteroatoms. The van der Waals surface area contributed by atoms with Crippen molar-refractivity contribution in [1.29, 1.82) is 0 Å². The summed E-state index contributed by atoms with van der Waals surface area (Å²) in [5, 5.41) is 2.77. The Morgan fingerprint density at radius 2 is 1.72 bits per heavy atom. The van der Waals surface area contributed by atoms with Crippen molar-refractivity contribution >= 4 is 11.8 Å². The first kappa shape index (κ1) is 17.9. The van der Waals surface area contributed by atoms with Crippen LogP contribution in [0.1, 0.15) is 47.2 Å². The van der Waals surface area contributed by atoms with Crippen LogP contribution in [0.4, 0.5) is 0 Å². The lowest BCUT2D eigenvalue weighted by Gasteiger charge is -2.38. The van der Waals surface area contributed by atoms with Gasteiger partial charge in [0.15, 0.2) is 0 Å². The molecule has 1 heterocycles. The molecule has 0 radical (unpaired) electrons. The molecule has 1 aliphatic carbocycles. The van der Waals surface area contributed by atoms with Crippen LogP contribution in [0.3, 0.4) is 0 Å². The number of hydrogen-bond donors (Lipinski definition) is 1. The van der Waals surface area contributed by atoms with E-state index in [1.807, 2.05) is 36.9 Å². The van der Waals surface area contributed by atoms with Crippen LogP contribution in [0.25, 0.3) is 0 Å². The first-order valence-electron chi connectivity index (χ1n) is 9.42. The standard InChI is InChI=1S/C20H29N3O2/c1-15-7-8-17(13-16(15)2)20(25)21-14-19(24)23-11-9-22(10-12-23)18-5-3-4-6-18/h7-8,13,18H,3-6,9-12,14H2,1-2H3,(H,21,25). The van der Waals surface area contributed by atoms with E-state index < -0.39 is 0 Å². The Kier molecular flexibility index (Phi) is 5.74. The van der Waals surface area contributed by atoms with Crippen molar-refractivity contribution in [2.24, 2.45) is 0 Å². The summed E-state index contributed by atoms with van der Waals surface area (Å²) < 4.78 is 0. The van der Waals surface area contributed by atoms with Crippen molar-refractivity contribution in [3.8, 4) is 0 Å². The van der Waals surface area contributed by atoms with Gasteiger partial charge in [-0.3, -0.25) is 14.5 Å². The van der Waals surface area contributed by atoms with Crippen molar-refractivity contribution in [3.63, 3.8) is 0 Å². The van der Waals surface area contributed by atoms with E-state index in [0.717, 1.165) is 43.3 Å². The summed E-state index contributed by atoms with van der Waals surface area (Å²) in [5.41, 5.74) is 2.86. The second-order valence-corrected chi connectivity index (χ2v) is 7.34. The maximum absolute atomic E-state index is 12.4. The number of benzene rings is 1. The molecule has 25 heavy (non-hydrogen) atoms. The van der Waals surface area contributed by atoms with Crippen LogP contribution in [-0.2, 0) is 4.79 Å². The molecule has 0 spiro atoms. The Bertz CT molecular complexity index is 630. The Balaban J connectivity index is 1.44. The number of carbonyl (C=O) groups excluding carboxylic acids is 2. The van der Waals surface area contributed by atoms with Crippen molar-refractivity contribution in [1.82, 2.24) is 15.1 Å². The van der Waals surface area contributed by atoms with Gasteiger partial charge in [0.2, 0.25) is 5.91 Å². The predicted molar refractivity (Wildman–Crippen MR) is 98.7 cm³/mol. The van der Waals surface area contributed by atoms with Gasteiger partial charge in [-0.15, -0.1) is 0 Å². The molecule has 5 nitrogen and oxygen atoms in total. The zero-order chi connectivity index (χ0) is 17.8. The number of hydrogen-bond acceptors (Lipinski definition) is 3. The molecule has 2 amide bonds. The van der Waals surface area contributed by atoms with Crippen LogP contribution in [0, 0.1) is 13.8 Å². The molecule has 1 N–H and O–H groups in total. The van der Waals surface area contributed by atoms with Crippen molar-refractivity contribution in [2.45, 2.75) is 45.6 Å². The maximum atomic E-state index is 12.4. The molecule has 2 aliphatic rings. The quantitative estimate of drug-likeness (QED) is 0.911. The summed E-state index contributed by atoms with van der Waals surface area (Å²) in [6, 6.07) is 6.34. The second-order valence-electron chi connectivity index (χ2n) is 7.34. The predicted octanol–water partition coefficient (Wildman–Crippen LogP) is 2.12. The summed E-state index contributed by atoms with van der Waals surface area (Å²) in [6.45, 7) is 7.55. The highest BCUT2D eigenvalue weighted by Gasteiger charge is 2.27. The molecule has 3 rings (SSSR count). The minimum absolute atomic E-state index is 0.0169. The third kappa shape index (κ3) is 4.40. The van der Waals surface area contributed by atoms with Crippen LogP contribution >= 0.6 is 0 Å². The fraction of sp³-hybridized carbons (Fsp3) is 0.600. The summed E-state index contributed by atoms with van der Waals surface area (Å²) in [7, 11) is 0. The monoisotopic (exact) mass is 343 g/mol. The largest absolute Gasteiger partial charge is 0.343 e. The van der Waals surface area contributed by atoms with E-state index in [-0.39, 0.29) is 18.4 Å².